The summed E-state index contributed by atoms with van der Waals surface area (Å²) in [5, 5.41) is 0. The quantitative estimate of drug-likeness (QED) is 0.780. The molecule has 3 nitrogen and oxygen atoms in total. The zero-order valence-corrected chi connectivity index (χ0v) is 10.3. The van der Waals surface area contributed by atoms with Crippen molar-refractivity contribution in [3.05, 3.63) is 24.3 Å². The zero-order valence-electron chi connectivity index (χ0n) is 10.3. The number of rotatable bonds is 3. The lowest BCUT2D eigenvalue weighted by molar-refractivity contribution is 0.149. The van der Waals surface area contributed by atoms with Crippen LogP contribution in [0.3, 0.4) is 0 Å². The van der Waals surface area contributed by atoms with Crippen molar-refractivity contribution in [2.45, 2.75) is 39.2 Å². The van der Waals surface area contributed by atoms with Gasteiger partial charge in [0.25, 0.3) is 0 Å². The van der Waals surface area contributed by atoms with Crippen molar-refractivity contribution in [2.75, 3.05) is 13.1 Å². The van der Waals surface area contributed by atoms with E-state index in [-0.39, 0.29) is 0 Å². The van der Waals surface area contributed by atoms with E-state index in [2.05, 4.69) is 28.7 Å². The van der Waals surface area contributed by atoms with Crippen molar-refractivity contribution >= 4 is 0 Å². The molecule has 1 aromatic heterocycles. The maximum atomic E-state index is 4.35. The van der Waals surface area contributed by atoms with Crippen LogP contribution in [0.5, 0.6) is 0 Å². The van der Waals surface area contributed by atoms with Gasteiger partial charge in [-0.25, -0.2) is 0 Å². The monoisotopic (exact) mass is 219 g/mol. The first-order valence-electron chi connectivity index (χ1n) is 6.24. The first-order valence-corrected chi connectivity index (χ1v) is 6.24. The smallest absolute Gasteiger partial charge is 0.0589 e. The minimum Gasteiger partial charge on any atom is -0.301 e. The molecular formula is C13H21N3. The van der Waals surface area contributed by atoms with Gasteiger partial charge in [0.2, 0.25) is 0 Å². The van der Waals surface area contributed by atoms with E-state index in [0.717, 1.165) is 18.0 Å². The first kappa shape index (κ1) is 11.5. The van der Waals surface area contributed by atoms with Gasteiger partial charge in [0.05, 0.1) is 5.69 Å². The molecule has 1 aromatic rings. The molecule has 1 aliphatic rings. The van der Waals surface area contributed by atoms with Crippen molar-refractivity contribution < 1.29 is 0 Å². The van der Waals surface area contributed by atoms with Crippen molar-refractivity contribution in [2.24, 2.45) is 5.92 Å². The molecule has 0 radical (unpaired) electrons. The van der Waals surface area contributed by atoms with Crippen LogP contribution < -0.4 is 0 Å². The second-order valence-corrected chi connectivity index (χ2v) is 4.97. The molecule has 0 N–H and O–H groups in total. The zero-order chi connectivity index (χ0) is 11.4. The molecule has 0 amide bonds. The fourth-order valence-electron chi connectivity index (χ4n) is 2.40. The predicted octanol–water partition coefficient (Wildman–Crippen LogP) is 2.14. The molecular weight excluding hydrogens is 198 g/mol. The van der Waals surface area contributed by atoms with Gasteiger partial charge in [-0.15, -0.1) is 0 Å². The van der Waals surface area contributed by atoms with E-state index in [0.29, 0.717) is 6.04 Å². The summed E-state index contributed by atoms with van der Waals surface area (Å²) >= 11 is 0. The Bertz CT molecular complexity index is 302. The number of hydrogen-bond donors (Lipinski definition) is 0. The standard InChI is InChI=1S/C13H21N3/c1-11(2)16-7-3-12(4-8-16)9-13-10-14-5-6-15-13/h5-6,10-12H,3-4,7-9H2,1-2H3. The maximum absolute atomic E-state index is 4.35. The molecule has 1 aliphatic heterocycles. The molecule has 88 valence electrons. The largest absolute Gasteiger partial charge is 0.301 e. The van der Waals surface area contributed by atoms with Gasteiger partial charge in [-0.2, -0.15) is 0 Å². The number of piperidine rings is 1. The van der Waals surface area contributed by atoms with Crippen LogP contribution in [0, 0.1) is 5.92 Å². The van der Waals surface area contributed by atoms with Crippen LogP contribution in [-0.4, -0.2) is 34.0 Å². The van der Waals surface area contributed by atoms with Gasteiger partial charge in [0.1, 0.15) is 0 Å². The predicted molar refractivity (Wildman–Crippen MR) is 65.2 cm³/mol. The summed E-state index contributed by atoms with van der Waals surface area (Å²) in [6, 6.07) is 0.692. The van der Waals surface area contributed by atoms with Gasteiger partial charge in [0.15, 0.2) is 0 Å². The van der Waals surface area contributed by atoms with Gasteiger partial charge in [-0.05, 0) is 52.1 Å². The summed E-state index contributed by atoms with van der Waals surface area (Å²) in [5.74, 6) is 0.798. The SMILES string of the molecule is CC(C)N1CCC(Cc2cnccn2)CC1. The molecule has 3 heteroatoms. The minimum absolute atomic E-state index is 0.692. The molecule has 0 spiro atoms. The highest BCUT2D eigenvalue weighted by molar-refractivity contribution is 4.96. The Kier molecular flexibility index (Phi) is 3.88. The average molecular weight is 219 g/mol. The fourth-order valence-corrected chi connectivity index (χ4v) is 2.40. The van der Waals surface area contributed by atoms with Gasteiger partial charge >= 0.3 is 0 Å². The van der Waals surface area contributed by atoms with Crippen molar-refractivity contribution in [1.29, 1.82) is 0 Å². The summed E-state index contributed by atoms with van der Waals surface area (Å²) in [4.78, 5) is 11.0. The minimum atomic E-state index is 0.692. The molecule has 16 heavy (non-hydrogen) atoms. The normalized spacial score (nSPS) is 19.2. The lowest BCUT2D eigenvalue weighted by atomic mass is 9.92. The molecule has 0 unspecified atom stereocenters. The highest BCUT2D eigenvalue weighted by atomic mass is 15.1. The summed E-state index contributed by atoms with van der Waals surface area (Å²) in [6.45, 7) is 7.04. The number of hydrogen-bond acceptors (Lipinski definition) is 3. The highest BCUT2D eigenvalue weighted by Gasteiger charge is 2.21. The van der Waals surface area contributed by atoms with Crippen molar-refractivity contribution in [3.63, 3.8) is 0 Å². The third-order valence-corrected chi connectivity index (χ3v) is 3.49. The summed E-state index contributed by atoms with van der Waals surface area (Å²) in [6.07, 6.45) is 9.13. The number of aromatic nitrogens is 2. The summed E-state index contributed by atoms with van der Waals surface area (Å²) in [5.41, 5.74) is 1.14. The maximum Gasteiger partial charge on any atom is 0.0589 e. The molecule has 0 saturated carbocycles. The molecule has 0 aliphatic carbocycles. The Morgan fingerprint density at radius 2 is 2.06 bits per heavy atom. The Balaban J connectivity index is 1.82. The van der Waals surface area contributed by atoms with Crippen LogP contribution in [0.2, 0.25) is 0 Å². The summed E-state index contributed by atoms with van der Waals surface area (Å²) in [7, 11) is 0. The third-order valence-electron chi connectivity index (χ3n) is 3.49. The lowest BCUT2D eigenvalue weighted by Gasteiger charge is -2.34. The second-order valence-electron chi connectivity index (χ2n) is 4.97. The molecule has 2 rings (SSSR count). The van der Waals surface area contributed by atoms with Crippen LogP contribution >= 0.6 is 0 Å². The topological polar surface area (TPSA) is 29.0 Å². The van der Waals surface area contributed by atoms with E-state index >= 15 is 0 Å². The van der Waals surface area contributed by atoms with Gasteiger partial charge in [-0.1, -0.05) is 0 Å². The highest BCUT2D eigenvalue weighted by Crippen LogP contribution is 2.21. The number of nitrogens with zero attached hydrogens (tertiary/aromatic N) is 3. The fraction of sp³-hybridized carbons (Fsp3) is 0.692. The van der Waals surface area contributed by atoms with Crippen LogP contribution in [0.4, 0.5) is 0 Å². The van der Waals surface area contributed by atoms with Crippen LogP contribution in [0.25, 0.3) is 0 Å². The van der Waals surface area contributed by atoms with Crippen LogP contribution in [0.15, 0.2) is 18.6 Å². The van der Waals surface area contributed by atoms with E-state index in [9.17, 15) is 0 Å². The molecule has 0 atom stereocenters. The number of likely N-dealkylation sites (tertiary alicyclic amines) is 1. The van der Waals surface area contributed by atoms with E-state index in [1.165, 1.54) is 25.9 Å². The Labute approximate surface area is 97.9 Å². The van der Waals surface area contributed by atoms with E-state index in [4.69, 9.17) is 0 Å². The molecule has 0 bridgehead atoms. The first-order chi connectivity index (χ1) is 7.75. The van der Waals surface area contributed by atoms with E-state index in [1.54, 1.807) is 12.4 Å². The average Bonchev–Trinajstić information content (AvgIpc) is 2.31. The van der Waals surface area contributed by atoms with Gasteiger partial charge < -0.3 is 4.90 Å². The van der Waals surface area contributed by atoms with Gasteiger partial charge in [-0.3, -0.25) is 9.97 Å². The van der Waals surface area contributed by atoms with Crippen LogP contribution in [-0.2, 0) is 6.42 Å². The Hall–Kier alpha value is -0.960. The lowest BCUT2D eigenvalue weighted by Crippen LogP contribution is -2.38. The Morgan fingerprint density at radius 3 is 2.62 bits per heavy atom. The van der Waals surface area contributed by atoms with Gasteiger partial charge in [0, 0.05) is 24.6 Å². The second kappa shape index (κ2) is 5.39. The van der Waals surface area contributed by atoms with Crippen molar-refractivity contribution in [1.82, 2.24) is 14.9 Å². The molecule has 1 fully saturated rings. The van der Waals surface area contributed by atoms with E-state index < -0.39 is 0 Å². The summed E-state index contributed by atoms with van der Waals surface area (Å²) < 4.78 is 0. The Morgan fingerprint density at radius 1 is 1.31 bits per heavy atom. The van der Waals surface area contributed by atoms with E-state index in [1.807, 2.05) is 6.20 Å². The molecule has 0 aromatic carbocycles. The van der Waals surface area contributed by atoms with Crippen LogP contribution in [0.1, 0.15) is 32.4 Å². The third kappa shape index (κ3) is 3.01. The molecule has 2 heterocycles. The van der Waals surface area contributed by atoms with Crippen molar-refractivity contribution in [3.8, 4) is 0 Å². The molecule has 1 saturated heterocycles.